The molecule has 1 aromatic rings. The van der Waals surface area contributed by atoms with Crippen LogP contribution < -0.4 is 11.3 Å². The molecule has 0 spiro atoms. The van der Waals surface area contributed by atoms with E-state index >= 15 is 0 Å². The molecule has 80 valence electrons. The van der Waals surface area contributed by atoms with Gasteiger partial charge in [0, 0.05) is 5.56 Å². The third kappa shape index (κ3) is 2.36. The topological polar surface area (TPSA) is 50.4 Å². The molecule has 0 bridgehead atoms. The molecule has 1 aliphatic rings. The van der Waals surface area contributed by atoms with Crippen molar-refractivity contribution >= 4 is 5.84 Å². The molecule has 0 atom stereocenters. The van der Waals surface area contributed by atoms with Crippen molar-refractivity contribution < 1.29 is 0 Å². The number of benzene rings is 1. The zero-order valence-electron chi connectivity index (χ0n) is 9.25. The zero-order valence-corrected chi connectivity index (χ0v) is 9.25. The van der Waals surface area contributed by atoms with Gasteiger partial charge in [0.25, 0.3) is 0 Å². The summed E-state index contributed by atoms with van der Waals surface area (Å²) in [6.07, 6.45) is 2.38. The summed E-state index contributed by atoms with van der Waals surface area (Å²) in [5, 5.41) is 0. The van der Waals surface area contributed by atoms with Crippen LogP contribution in [0.25, 0.3) is 0 Å². The Labute approximate surface area is 90.4 Å². The van der Waals surface area contributed by atoms with Crippen LogP contribution in [0.4, 0.5) is 0 Å². The van der Waals surface area contributed by atoms with Gasteiger partial charge < -0.3 is 5.43 Å². The van der Waals surface area contributed by atoms with Gasteiger partial charge in [0.1, 0.15) is 5.84 Å². The molecule has 15 heavy (non-hydrogen) atoms. The lowest BCUT2D eigenvalue weighted by atomic mass is 10.0. The molecule has 3 nitrogen and oxygen atoms in total. The van der Waals surface area contributed by atoms with E-state index in [1.165, 1.54) is 24.0 Å². The molecular weight excluding hydrogens is 186 g/mol. The van der Waals surface area contributed by atoms with E-state index in [4.69, 9.17) is 5.84 Å². The average molecular weight is 203 g/mol. The van der Waals surface area contributed by atoms with E-state index in [9.17, 15) is 0 Å². The molecule has 0 aliphatic heterocycles. The number of aliphatic imine (C=N–C) groups is 1. The molecule has 3 heteroatoms. The second-order valence-corrected chi connectivity index (χ2v) is 4.17. The van der Waals surface area contributed by atoms with Crippen LogP contribution in [0.15, 0.2) is 23.2 Å². The van der Waals surface area contributed by atoms with Gasteiger partial charge in [-0.2, -0.15) is 0 Å². The maximum absolute atomic E-state index is 5.52. The molecule has 1 fully saturated rings. The fraction of sp³-hybridized carbons (Fsp3) is 0.417. The van der Waals surface area contributed by atoms with E-state index in [0.717, 1.165) is 11.4 Å². The third-order valence-electron chi connectivity index (χ3n) is 2.64. The van der Waals surface area contributed by atoms with Crippen LogP contribution >= 0.6 is 0 Å². The minimum Gasteiger partial charge on any atom is -0.308 e. The predicted molar refractivity (Wildman–Crippen MR) is 62.8 cm³/mol. The Kier molecular flexibility index (Phi) is 2.73. The summed E-state index contributed by atoms with van der Waals surface area (Å²) in [7, 11) is 0. The smallest absolute Gasteiger partial charge is 0.143 e. The Morgan fingerprint density at radius 3 is 2.73 bits per heavy atom. The first-order valence-electron chi connectivity index (χ1n) is 5.33. The maximum Gasteiger partial charge on any atom is 0.143 e. The van der Waals surface area contributed by atoms with Crippen LogP contribution in [0.5, 0.6) is 0 Å². The Balaban J connectivity index is 2.36. The van der Waals surface area contributed by atoms with Crippen molar-refractivity contribution in [1.82, 2.24) is 5.43 Å². The molecule has 1 saturated carbocycles. The minimum atomic E-state index is 0.482. The first-order chi connectivity index (χ1) is 7.20. The van der Waals surface area contributed by atoms with Gasteiger partial charge in [0.15, 0.2) is 0 Å². The summed E-state index contributed by atoms with van der Waals surface area (Å²) in [5.41, 5.74) is 6.26. The van der Waals surface area contributed by atoms with Crippen LogP contribution in [0.3, 0.4) is 0 Å². The van der Waals surface area contributed by atoms with Crippen molar-refractivity contribution in [3.8, 4) is 0 Å². The van der Waals surface area contributed by atoms with Crippen molar-refractivity contribution in [2.24, 2.45) is 10.8 Å². The van der Waals surface area contributed by atoms with Crippen LogP contribution in [-0.2, 0) is 0 Å². The van der Waals surface area contributed by atoms with Crippen molar-refractivity contribution in [1.29, 1.82) is 0 Å². The summed E-state index contributed by atoms with van der Waals surface area (Å²) in [4.78, 5) is 4.56. The van der Waals surface area contributed by atoms with Crippen molar-refractivity contribution in [3.05, 3.63) is 34.9 Å². The number of amidine groups is 1. The van der Waals surface area contributed by atoms with Gasteiger partial charge in [-0.15, -0.1) is 0 Å². The number of hydrogen-bond donors (Lipinski definition) is 2. The number of hydrogen-bond acceptors (Lipinski definition) is 2. The summed E-state index contributed by atoms with van der Waals surface area (Å²) in [5.74, 6) is 6.34. The molecule has 1 aliphatic carbocycles. The molecule has 3 N–H and O–H groups in total. The number of nitrogens with two attached hydrogens (primary N) is 1. The van der Waals surface area contributed by atoms with Crippen LogP contribution in [-0.4, -0.2) is 11.9 Å². The van der Waals surface area contributed by atoms with Gasteiger partial charge in [-0.05, 0) is 38.3 Å². The van der Waals surface area contributed by atoms with E-state index in [-0.39, 0.29) is 0 Å². The molecular formula is C12H17N3. The fourth-order valence-electron chi connectivity index (χ4n) is 1.56. The first-order valence-corrected chi connectivity index (χ1v) is 5.33. The first kappa shape index (κ1) is 10.2. The number of aryl methyl sites for hydroxylation is 2. The van der Waals surface area contributed by atoms with Gasteiger partial charge in [-0.25, -0.2) is 5.84 Å². The van der Waals surface area contributed by atoms with E-state index in [2.05, 4.69) is 42.5 Å². The molecule has 0 saturated heterocycles. The van der Waals surface area contributed by atoms with E-state index in [1.807, 2.05) is 0 Å². The zero-order chi connectivity index (χ0) is 10.8. The second-order valence-electron chi connectivity index (χ2n) is 4.17. The SMILES string of the molecule is Cc1ccc(C)c(C(=NC2CC2)NN)c1. The van der Waals surface area contributed by atoms with E-state index < -0.39 is 0 Å². The number of hydrazine groups is 1. The maximum atomic E-state index is 5.52. The summed E-state index contributed by atoms with van der Waals surface area (Å²) < 4.78 is 0. The molecule has 0 amide bonds. The molecule has 0 radical (unpaired) electrons. The van der Waals surface area contributed by atoms with Gasteiger partial charge in [-0.1, -0.05) is 17.7 Å². The Bertz CT molecular complexity index is 392. The minimum absolute atomic E-state index is 0.482. The molecule has 2 rings (SSSR count). The number of nitrogens with one attached hydrogen (secondary N) is 1. The average Bonchev–Trinajstić information content (AvgIpc) is 3.02. The van der Waals surface area contributed by atoms with Crippen molar-refractivity contribution in [2.75, 3.05) is 0 Å². The molecule has 0 aromatic heterocycles. The lowest BCUT2D eigenvalue weighted by molar-refractivity contribution is 0.969. The van der Waals surface area contributed by atoms with Crippen LogP contribution in [0, 0.1) is 13.8 Å². The monoisotopic (exact) mass is 203 g/mol. The molecule has 1 aromatic carbocycles. The Morgan fingerprint density at radius 1 is 1.40 bits per heavy atom. The highest BCUT2D eigenvalue weighted by Crippen LogP contribution is 2.24. The number of nitrogens with zero attached hydrogens (tertiary/aromatic N) is 1. The van der Waals surface area contributed by atoms with Gasteiger partial charge in [0.05, 0.1) is 6.04 Å². The molecule has 0 unspecified atom stereocenters. The van der Waals surface area contributed by atoms with Gasteiger partial charge >= 0.3 is 0 Å². The largest absolute Gasteiger partial charge is 0.308 e. The summed E-state index contributed by atoms with van der Waals surface area (Å²) >= 11 is 0. The summed E-state index contributed by atoms with van der Waals surface area (Å²) in [6.45, 7) is 4.16. The number of rotatable bonds is 2. The van der Waals surface area contributed by atoms with Crippen LogP contribution in [0.2, 0.25) is 0 Å². The van der Waals surface area contributed by atoms with Crippen LogP contribution in [0.1, 0.15) is 29.5 Å². The van der Waals surface area contributed by atoms with Crippen molar-refractivity contribution in [3.63, 3.8) is 0 Å². The standard InChI is InChI=1S/C12H17N3/c1-8-3-4-9(2)11(7-8)12(15-13)14-10-5-6-10/h3-4,7,10H,5-6,13H2,1-2H3,(H,14,15). The highest BCUT2D eigenvalue weighted by molar-refractivity contribution is 6.00. The van der Waals surface area contributed by atoms with Gasteiger partial charge in [0.2, 0.25) is 0 Å². The lowest BCUT2D eigenvalue weighted by Crippen LogP contribution is -2.32. The van der Waals surface area contributed by atoms with E-state index in [1.54, 1.807) is 0 Å². The highest BCUT2D eigenvalue weighted by Gasteiger charge is 2.21. The van der Waals surface area contributed by atoms with E-state index in [0.29, 0.717) is 6.04 Å². The Morgan fingerprint density at radius 2 is 2.13 bits per heavy atom. The summed E-state index contributed by atoms with van der Waals surface area (Å²) in [6, 6.07) is 6.81. The normalized spacial score (nSPS) is 16.6. The third-order valence-corrected chi connectivity index (χ3v) is 2.64. The van der Waals surface area contributed by atoms with Gasteiger partial charge in [-0.3, -0.25) is 4.99 Å². The second kappa shape index (κ2) is 4.03. The van der Waals surface area contributed by atoms with Crippen molar-refractivity contribution in [2.45, 2.75) is 32.7 Å². The fourth-order valence-corrected chi connectivity index (χ4v) is 1.56. The quantitative estimate of drug-likeness (QED) is 0.332. The lowest BCUT2D eigenvalue weighted by Gasteiger charge is -2.09. The predicted octanol–water partition coefficient (Wildman–Crippen LogP) is 1.68. The molecule has 0 heterocycles. The Hall–Kier alpha value is -1.35. The highest BCUT2D eigenvalue weighted by atomic mass is 15.3.